The predicted molar refractivity (Wildman–Crippen MR) is 141 cm³/mol. The molecule has 3 N–H and O–H groups in total. The molecule has 0 aliphatic carbocycles. The molecule has 5 heteroatoms. The highest BCUT2D eigenvalue weighted by atomic mass is 16.3. The molecule has 1 heterocycles. The third kappa shape index (κ3) is 12.2. The number of rotatable bonds is 19. The lowest BCUT2D eigenvalue weighted by Gasteiger charge is -2.28. The number of nitrogens with one attached hydrogen (secondary N) is 1. The van der Waals surface area contributed by atoms with Crippen LogP contribution in [-0.4, -0.2) is 46.7 Å². The van der Waals surface area contributed by atoms with Crippen LogP contribution in [0, 0.1) is 0 Å². The molecular weight excluding hydrogens is 424 g/mol. The number of phenolic OH excluding ortho intramolecular Hbond substituents is 1. The number of carbonyl (C=O) groups is 1. The molecule has 1 amide bonds. The van der Waals surface area contributed by atoms with Gasteiger partial charge in [0, 0.05) is 13.0 Å². The number of unbranched alkanes of at least 4 members (excludes halogenated alkanes) is 12. The number of aliphatic hydroxyl groups excluding tert-OH is 1. The average molecular weight is 475 g/mol. The number of benzene rings is 1. The zero-order chi connectivity index (χ0) is 24.4. The van der Waals surface area contributed by atoms with E-state index in [1.807, 2.05) is 0 Å². The fourth-order valence-electron chi connectivity index (χ4n) is 4.95. The van der Waals surface area contributed by atoms with E-state index in [0.29, 0.717) is 13.0 Å². The van der Waals surface area contributed by atoms with Gasteiger partial charge in [-0.1, -0.05) is 96.1 Å². The van der Waals surface area contributed by atoms with Crippen molar-refractivity contribution in [2.75, 3.05) is 19.6 Å². The Morgan fingerprint density at radius 3 is 1.88 bits per heavy atom. The zero-order valence-corrected chi connectivity index (χ0v) is 21.6. The summed E-state index contributed by atoms with van der Waals surface area (Å²) in [6.07, 6.45) is 18.9. The molecule has 0 unspecified atom stereocenters. The molecule has 1 fully saturated rings. The molecular formula is C29H50N2O3. The van der Waals surface area contributed by atoms with Crippen LogP contribution in [0.15, 0.2) is 24.3 Å². The smallest absolute Gasteiger partial charge is 0.220 e. The molecule has 1 aliphatic heterocycles. The van der Waals surface area contributed by atoms with E-state index >= 15 is 0 Å². The molecule has 5 nitrogen and oxygen atoms in total. The first-order valence-electron chi connectivity index (χ1n) is 14.1. The second-order valence-electron chi connectivity index (χ2n) is 10.2. The van der Waals surface area contributed by atoms with Crippen molar-refractivity contribution in [3.63, 3.8) is 0 Å². The number of aromatic hydroxyl groups is 1. The Morgan fingerprint density at radius 2 is 1.35 bits per heavy atom. The number of aliphatic hydroxyl groups is 1. The first-order valence-corrected chi connectivity index (χ1v) is 14.1. The highest BCUT2D eigenvalue weighted by Gasteiger charge is 2.26. The fraction of sp³-hybridized carbons (Fsp3) is 0.759. The van der Waals surface area contributed by atoms with Gasteiger partial charge in [-0.05, 0) is 50.0 Å². The Labute approximate surface area is 208 Å². The summed E-state index contributed by atoms with van der Waals surface area (Å²) in [7, 11) is 0. The maximum atomic E-state index is 12.6. The van der Waals surface area contributed by atoms with Crippen LogP contribution in [0.2, 0.25) is 0 Å². The van der Waals surface area contributed by atoms with Gasteiger partial charge in [-0.15, -0.1) is 0 Å². The highest BCUT2D eigenvalue weighted by molar-refractivity contribution is 5.76. The average Bonchev–Trinajstić information content (AvgIpc) is 3.35. The van der Waals surface area contributed by atoms with E-state index < -0.39 is 6.10 Å². The Hall–Kier alpha value is -1.59. The van der Waals surface area contributed by atoms with E-state index in [1.54, 1.807) is 24.3 Å². The second-order valence-corrected chi connectivity index (χ2v) is 10.2. The molecule has 0 spiro atoms. The van der Waals surface area contributed by atoms with Crippen molar-refractivity contribution < 1.29 is 15.0 Å². The van der Waals surface area contributed by atoms with Crippen LogP contribution in [-0.2, 0) is 4.79 Å². The predicted octanol–water partition coefficient (Wildman–Crippen LogP) is 6.49. The highest BCUT2D eigenvalue weighted by Crippen LogP contribution is 2.22. The maximum Gasteiger partial charge on any atom is 0.220 e. The molecule has 0 saturated carbocycles. The van der Waals surface area contributed by atoms with Gasteiger partial charge in [-0.25, -0.2) is 0 Å². The molecule has 194 valence electrons. The van der Waals surface area contributed by atoms with Crippen molar-refractivity contribution in [3.05, 3.63) is 29.8 Å². The normalized spacial score (nSPS) is 15.9. The van der Waals surface area contributed by atoms with Gasteiger partial charge in [0.1, 0.15) is 11.9 Å². The number of hydrogen-bond acceptors (Lipinski definition) is 4. The van der Waals surface area contributed by atoms with Crippen LogP contribution in [0.5, 0.6) is 5.75 Å². The van der Waals surface area contributed by atoms with Gasteiger partial charge in [-0.2, -0.15) is 0 Å². The zero-order valence-electron chi connectivity index (χ0n) is 21.6. The van der Waals surface area contributed by atoms with Crippen LogP contribution < -0.4 is 5.32 Å². The van der Waals surface area contributed by atoms with Crippen LogP contribution >= 0.6 is 0 Å². The Bertz CT molecular complexity index is 643. The molecule has 2 atom stereocenters. The summed E-state index contributed by atoms with van der Waals surface area (Å²) in [5.41, 5.74) is 0.725. The van der Waals surface area contributed by atoms with Gasteiger partial charge in [0.2, 0.25) is 5.91 Å². The molecule has 1 aromatic carbocycles. The number of nitrogens with zero attached hydrogens (tertiary/aromatic N) is 1. The standard InChI is InChI=1S/C29H50N2O3/c1-2-3-4-5-6-7-8-9-10-11-12-13-14-17-28(33)30-27(24-31-22-15-16-23-31)29(34)25-18-20-26(32)21-19-25/h18-21,27,29,32,34H,2-17,22-24H2,1H3,(H,30,33)/t27-,29-/m1/s1. The first-order chi connectivity index (χ1) is 16.6. The Balaban J connectivity index is 1.60. The van der Waals surface area contributed by atoms with Crippen molar-refractivity contribution in [1.82, 2.24) is 10.2 Å². The summed E-state index contributed by atoms with van der Waals surface area (Å²) in [5, 5.41) is 23.6. The molecule has 0 aromatic heterocycles. The van der Waals surface area contributed by atoms with Crippen LogP contribution in [0.3, 0.4) is 0 Å². The molecule has 0 bridgehead atoms. The molecule has 1 saturated heterocycles. The van der Waals surface area contributed by atoms with E-state index in [0.717, 1.165) is 31.5 Å². The lowest BCUT2D eigenvalue weighted by Crippen LogP contribution is -2.46. The van der Waals surface area contributed by atoms with Crippen molar-refractivity contribution in [1.29, 1.82) is 0 Å². The van der Waals surface area contributed by atoms with Crippen molar-refractivity contribution in [2.24, 2.45) is 0 Å². The maximum absolute atomic E-state index is 12.6. The minimum Gasteiger partial charge on any atom is -0.508 e. The van der Waals surface area contributed by atoms with Crippen LogP contribution in [0.1, 0.15) is 121 Å². The number of phenols is 1. The van der Waals surface area contributed by atoms with Crippen LogP contribution in [0.4, 0.5) is 0 Å². The monoisotopic (exact) mass is 474 g/mol. The molecule has 1 aliphatic rings. The second kappa shape index (κ2) is 17.8. The Morgan fingerprint density at radius 1 is 0.853 bits per heavy atom. The summed E-state index contributed by atoms with van der Waals surface area (Å²) in [6.45, 7) is 4.97. The molecule has 0 radical (unpaired) electrons. The largest absolute Gasteiger partial charge is 0.508 e. The summed E-state index contributed by atoms with van der Waals surface area (Å²) < 4.78 is 0. The van der Waals surface area contributed by atoms with Crippen molar-refractivity contribution in [2.45, 2.75) is 122 Å². The van der Waals surface area contributed by atoms with Crippen molar-refractivity contribution in [3.8, 4) is 5.75 Å². The van der Waals surface area contributed by atoms with Gasteiger partial charge in [-0.3, -0.25) is 4.79 Å². The quantitative estimate of drug-likeness (QED) is 0.200. The minimum absolute atomic E-state index is 0.0325. The van der Waals surface area contributed by atoms with E-state index in [9.17, 15) is 15.0 Å². The van der Waals surface area contributed by atoms with Crippen LogP contribution in [0.25, 0.3) is 0 Å². The van der Waals surface area contributed by atoms with Gasteiger partial charge in [0.25, 0.3) is 0 Å². The lowest BCUT2D eigenvalue weighted by atomic mass is 10.0. The summed E-state index contributed by atoms with van der Waals surface area (Å²) in [6, 6.07) is 6.30. The topological polar surface area (TPSA) is 72.8 Å². The van der Waals surface area contributed by atoms with Gasteiger partial charge in [0.05, 0.1) is 6.04 Å². The molecule has 2 rings (SSSR count). The molecule has 34 heavy (non-hydrogen) atoms. The van der Waals surface area contributed by atoms with E-state index in [2.05, 4.69) is 17.1 Å². The summed E-state index contributed by atoms with van der Waals surface area (Å²) in [4.78, 5) is 15.0. The fourth-order valence-corrected chi connectivity index (χ4v) is 4.95. The van der Waals surface area contributed by atoms with Gasteiger partial charge in [0.15, 0.2) is 0 Å². The van der Waals surface area contributed by atoms with E-state index in [-0.39, 0.29) is 17.7 Å². The number of carbonyl (C=O) groups excluding carboxylic acids is 1. The first kappa shape index (κ1) is 28.6. The number of likely N-dealkylation sites (tertiary alicyclic amines) is 1. The minimum atomic E-state index is -0.781. The van der Waals surface area contributed by atoms with Gasteiger partial charge >= 0.3 is 0 Å². The van der Waals surface area contributed by atoms with E-state index in [1.165, 1.54) is 83.5 Å². The lowest BCUT2D eigenvalue weighted by molar-refractivity contribution is -0.123. The van der Waals surface area contributed by atoms with Crippen molar-refractivity contribution >= 4 is 5.91 Å². The number of amides is 1. The Kier molecular flexibility index (Phi) is 15.0. The van der Waals surface area contributed by atoms with E-state index in [4.69, 9.17) is 0 Å². The SMILES string of the molecule is CCCCCCCCCCCCCCCC(=O)N[C@H](CN1CCCC1)[C@H](O)c1ccc(O)cc1. The molecule has 1 aromatic rings. The third-order valence-corrected chi connectivity index (χ3v) is 7.12. The third-order valence-electron chi connectivity index (χ3n) is 7.12. The summed E-state index contributed by atoms with van der Waals surface area (Å²) in [5.74, 6) is 0.212. The summed E-state index contributed by atoms with van der Waals surface area (Å²) >= 11 is 0. The number of hydrogen-bond donors (Lipinski definition) is 3. The van der Waals surface area contributed by atoms with Gasteiger partial charge < -0.3 is 20.4 Å².